The van der Waals surface area contributed by atoms with Crippen molar-refractivity contribution in [3.63, 3.8) is 0 Å². The van der Waals surface area contributed by atoms with Crippen LogP contribution in [0.25, 0.3) is 11.0 Å². The molecule has 2 N–H and O–H groups in total. The van der Waals surface area contributed by atoms with Gasteiger partial charge < -0.3 is 19.6 Å². The van der Waals surface area contributed by atoms with Crippen molar-refractivity contribution in [3.05, 3.63) is 51.5 Å². The number of carbonyl (C=O) groups is 1. The Labute approximate surface area is 203 Å². The highest BCUT2D eigenvalue weighted by molar-refractivity contribution is 7.98. The summed E-state index contributed by atoms with van der Waals surface area (Å²) in [6.45, 7) is 6.19. The van der Waals surface area contributed by atoms with Crippen LogP contribution in [0.5, 0.6) is 0 Å². The summed E-state index contributed by atoms with van der Waals surface area (Å²) >= 11 is 1.50. The molecule has 3 heterocycles. The third-order valence-corrected chi connectivity index (χ3v) is 7.96. The SMILES string of the molecule is COC1CCC(C(C)n2c(C)c(C(=O)NCc3c(SC)cc(C)[nH]c3=O)c3cncnc32)CC1. The second-order valence-corrected chi connectivity index (χ2v) is 9.96. The largest absolute Gasteiger partial charge is 0.381 e. The molecule has 4 rings (SSSR count). The Kier molecular flexibility index (Phi) is 7.42. The third-order valence-electron chi connectivity index (χ3n) is 7.16. The van der Waals surface area contributed by atoms with Crippen LogP contribution in [0.15, 0.2) is 28.3 Å². The number of rotatable bonds is 7. The molecule has 0 saturated heterocycles. The van der Waals surface area contributed by atoms with Crippen LogP contribution in [0.1, 0.15) is 66.0 Å². The van der Waals surface area contributed by atoms with Gasteiger partial charge in [-0.15, -0.1) is 11.8 Å². The van der Waals surface area contributed by atoms with E-state index in [0.717, 1.165) is 53.0 Å². The van der Waals surface area contributed by atoms with Crippen LogP contribution in [0.4, 0.5) is 0 Å². The fourth-order valence-electron chi connectivity index (χ4n) is 5.26. The fourth-order valence-corrected chi connectivity index (χ4v) is 5.97. The quantitative estimate of drug-likeness (QED) is 0.490. The van der Waals surface area contributed by atoms with Gasteiger partial charge in [-0.1, -0.05) is 0 Å². The standard InChI is InChI=1S/C25H33N5O3S/c1-14-10-21(34-5)19(24(31)29-14)12-27-25(32)22-16(3)30(23-20(22)11-26-13-28-23)15(2)17-6-8-18(33-4)9-7-17/h10-11,13,15,17-18H,6-9,12H2,1-5H3,(H,27,32)(H,29,31). The zero-order valence-corrected chi connectivity index (χ0v) is 21.3. The van der Waals surface area contributed by atoms with Gasteiger partial charge in [0, 0.05) is 47.7 Å². The van der Waals surface area contributed by atoms with E-state index >= 15 is 0 Å². The Morgan fingerprint density at radius 3 is 2.74 bits per heavy atom. The van der Waals surface area contributed by atoms with Crippen molar-refractivity contribution in [2.24, 2.45) is 5.92 Å². The van der Waals surface area contributed by atoms with E-state index in [9.17, 15) is 9.59 Å². The van der Waals surface area contributed by atoms with Gasteiger partial charge in [-0.25, -0.2) is 9.97 Å². The number of hydrogen-bond donors (Lipinski definition) is 2. The van der Waals surface area contributed by atoms with Gasteiger partial charge in [0.15, 0.2) is 0 Å². The topological polar surface area (TPSA) is 102 Å². The number of hydrogen-bond acceptors (Lipinski definition) is 6. The number of aromatic amines is 1. The van der Waals surface area contributed by atoms with Gasteiger partial charge in [-0.05, 0) is 64.7 Å². The van der Waals surface area contributed by atoms with E-state index in [1.165, 1.54) is 18.1 Å². The number of ether oxygens (including phenoxy) is 1. The molecule has 1 aliphatic rings. The van der Waals surface area contributed by atoms with E-state index in [1.54, 1.807) is 13.3 Å². The molecule has 0 aromatic carbocycles. The van der Waals surface area contributed by atoms with E-state index < -0.39 is 0 Å². The summed E-state index contributed by atoms with van der Waals surface area (Å²) in [5.74, 6) is 0.264. The first-order valence-electron chi connectivity index (χ1n) is 11.7. The van der Waals surface area contributed by atoms with Gasteiger partial charge in [0.25, 0.3) is 11.5 Å². The average molecular weight is 484 g/mol. The summed E-state index contributed by atoms with van der Waals surface area (Å²) < 4.78 is 7.73. The van der Waals surface area contributed by atoms with Crippen molar-refractivity contribution in [3.8, 4) is 0 Å². The maximum absolute atomic E-state index is 13.4. The maximum Gasteiger partial charge on any atom is 0.254 e. The van der Waals surface area contributed by atoms with Crippen LogP contribution in [-0.4, -0.2) is 44.9 Å². The molecule has 0 spiro atoms. The van der Waals surface area contributed by atoms with Gasteiger partial charge in [-0.3, -0.25) is 9.59 Å². The number of amides is 1. The Hall–Kier alpha value is -2.65. The molecular weight excluding hydrogens is 450 g/mol. The van der Waals surface area contributed by atoms with Crippen molar-refractivity contribution in [1.82, 2.24) is 24.8 Å². The molecule has 1 amide bonds. The van der Waals surface area contributed by atoms with Crippen molar-refractivity contribution >= 4 is 28.7 Å². The van der Waals surface area contributed by atoms with Crippen LogP contribution in [0.2, 0.25) is 0 Å². The molecule has 1 unspecified atom stereocenters. The molecule has 0 bridgehead atoms. The number of H-pyrrole nitrogens is 1. The molecule has 3 aromatic heterocycles. The molecule has 1 saturated carbocycles. The predicted molar refractivity (Wildman–Crippen MR) is 134 cm³/mol. The number of carbonyl (C=O) groups excluding carboxylic acids is 1. The zero-order valence-electron chi connectivity index (χ0n) is 20.5. The lowest BCUT2D eigenvalue weighted by Gasteiger charge is -2.33. The molecule has 34 heavy (non-hydrogen) atoms. The van der Waals surface area contributed by atoms with E-state index in [1.807, 2.05) is 26.2 Å². The number of nitrogens with zero attached hydrogens (tertiary/aromatic N) is 3. The van der Waals surface area contributed by atoms with Crippen molar-refractivity contribution in [1.29, 1.82) is 0 Å². The molecule has 1 aliphatic carbocycles. The molecule has 1 atom stereocenters. The second kappa shape index (κ2) is 10.3. The Morgan fingerprint density at radius 2 is 2.06 bits per heavy atom. The first-order valence-corrected chi connectivity index (χ1v) is 13.0. The molecule has 0 aliphatic heterocycles. The van der Waals surface area contributed by atoms with Crippen molar-refractivity contribution in [2.45, 2.75) is 70.0 Å². The van der Waals surface area contributed by atoms with Crippen LogP contribution >= 0.6 is 11.8 Å². The number of methoxy groups -OCH3 is 1. The lowest BCUT2D eigenvalue weighted by molar-refractivity contribution is 0.0491. The van der Waals surface area contributed by atoms with Crippen LogP contribution in [0.3, 0.4) is 0 Å². The van der Waals surface area contributed by atoms with Gasteiger partial charge in [0.2, 0.25) is 0 Å². The minimum absolute atomic E-state index is 0.154. The van der Waals surface area contributed by atoms with Gasteiger partial charge in [-0.2, -0.15) is 0 Å². The summed E-state index contributed by atoms with van der Waals surface area (Å²) in [7, 11) is 1.78. The normalized spacial score (nSPS) is 19.3. The van der Waals surface area contributed by atoms with E-state index in [0.29, 0.717) is 23.1 Å². The fraction of sp³-hybridized carbons (Fsp3) is 0.520. The van der Waals surface area contributed by atoms with Crippen LogP contribution in [0, 0.1) is 19.8 Å². The van der Waals surface area contributed by atoms with E-state index in [4.69, 9.17) is 4.74 Å². The molecule has 8 nitrogen and oxygen atoms in total. The molecule has 182 valence electrons. The van der Waals surface area contributed by atoms with Gasteiger partial charge in [0.05, 0.1) is 17.1 Å². The smallest absolute Gasteiger partial charge is 0.254 e. The number of aromatic nitrogens is 4. The van der Waals surface area contributed by atoms with Crippen LogP contribution < -0.4 is 10.9 Å². The summed E-state index contributed by atoms with van der Waals surface area (Å²) in [4.78, 5) is 38.4. The maximum atomic E-state index is 13.4. The second-order valence-electron chi connectivity index (χ2n) is 9.11. The number of nitrogens with one attached hydrogen (secondary N) is 2. The van der Waals surface area contributed by atoms with E-state index in [-0.39, 0.29) is 24.1 Å². The molecule has 9 heteroatoms. The molecule has 1 fully saturated rings. The molecule has 3 aromatic rings. The minimum Gasteiger partial charge on any atom is -0.381 e. The zero-order chi connectivity index (χ0) is 24.4. The highest BCUT2D eigenvalue weighted by Gasteiger charge is 2.30. The molecule has 0 radical (unpaired) electrons. The summed E-state index contributed by atoms with van der Waals surface area (Å²) in [6.07, 6.45) is 9.77. The van der Waals surface area contributed by atoms with Crippen molar-refractivity contribution < 1.29 is 9.53 Å². The predicted octanol–water partition coefficient (Wildman–Crippen LogP) is 4.15. The Morgan fingerprint density at radius 1 is 1.32 bits per heavy atom. The highest BCUT2D eigenvalue weighted by Crippen LogP contribution is 2.37. The third kappa shape index (κ3) is 4.63. The average Bonchev–Trinajstić information content (AvgIpc) is 3.14. The first kappa shape index (κ1) is 24.5. The first-order chi connectivity index (χ1) is 16.3. The number of aryl methyl sites for hydroxylation is 1. The van der Waals surface area contributed by atoms with Gasteiger partial charge in [0.1, 0.15) is 12.0 Å². The van der Waals surface area contributed by atoms with Crippen molar-refractivity contribution in [2.75, 3.05) is 13.4 Å². The monoisotopic (exact) mass is 483 g/mol. The number of thioether (sulfide) groups is 1. The summed E-state index contributed by atoms with van der Waals surface area (Å²) in [5.41, 5.74) is 3.41. The molecular formula is C25H33N5O3S. The lowest BCUT2D eigenvalue weighted by atomic mass is 9.83. The highest BCUT2D eigenvalue weighted by atomic mass is 32.2. The van der Waals surface area contributed by atoms with Gasteiger partial charge >= 0.3 is 0 Å². The Balaban J connectivity index is 1.63. The van der Waals surface area contributed by atoms with Crippen LogP contribution in [-0.2, 0) is 11.3 Å². The number of fused-ring (bicyclic) bond motifs is 1. The minimum atomic E-state index is -0.224. The summed E-state index contributed by atoms with van der Waals surface area (Å²) in [6, 6.07) is 2.12. The Bertz CT molecular complexity index is 1240. The number of pyridine rings is 1. The lowest BCUT2D eigenvalue weighted by Crippen LogP contribution is -2.29. The van der Waals surface area contributed by atoms with E-state index in [2.05, 4.69) is 31.8 Å². The summed E-state index contributed by atoms with van der Waals surface area (Å²) in [5, 5.41) is 3.70.